The van der Waals surface area contributed by atoms with E-state index in [0.717, 1.165) is 10.3 Å². The first-order chi connectivity index (χ1) is 9.65. The molecule has 0 amide bonds. The van der Waals surface area contributed by atoms with Crippen molar-refractivity contribution in [1.29, 1.82) is 0 Å². The fourth-order valence-electron chi connectivity index (χ4n) is 2.26. The topological polar surface area (TPSA) is 60.7 Å². The zero-order chi connectivity index (χ0) is 14.1. The molecule has 1 aliphatic rings. The summed E-state index contributed by atoms with van der Waals surface area (Å²) in [7, 11) is 0. The average molecular weight is 308 g/mol. The Hall–Kier alpha value is -0.720. The highest BCUT2D eigenvalue weighted by atomic mass is 32.2. The molecule has 106 valence electrons. The number of aliphatic hydroxyl groups excluding tert-OH is 3. The van der Waals surface area contributed by atoms with Gasteiger partial charge in [-0.1, -0.05) is 30.3 Å². The van der Waals surface area contributed by atoms with E-state index in [1.165, 1.54) is 28.9 Å². The van der Waals surface area contributed by atoms with Gasteiger partial charge in [0.2, 0.25) is 0 Å². The third kappa shape index (κ3) is 2.82. The first kappa shape index (κ1) is 14.2. The number of fused-ring (bicyclic) bond motifs is 1. The van der Waals surface area contributed by atoms with Gasteiger partial charge in [-0.05, 0) is 22.9 Å². The molecule has 2 aromatic rings. The Bertz CT molecular complexity index is 604. The van der Waals surface area contributed by atoms with Crippen LogP contribution in [0.4, 0.5) is 0 Å². The van der Waals surface area contributed by atoms with Crippen molar-refractivity contribution in [2.45, 2.75) is 27.8 Å². The van der Waals surface area contributed by atoms with Crippen molar-refractivity contribution in [3.8, 4) is 0 Å². The summed E-state index contributed by atoms with van der Waals surface area (Å²) >= 11 is 3.02. The fraction of sp³-hybridized carbons (Fsp3) is 0.333. The van der Waals surface area contributed by atoms with E-state index < -0.39 is 18.3 Å². The maximum Gasteiger partial charge on any atom is 0.108 e. The zero-order valence-electron chi connectivity index (χ0n) is 10.7. The number of thioether (sulfide) groups is 2. The minimum atomic E-state index is -1.06. The summed E-state index contributed by atoms with van der Waals surface area (Å²) in [6.45, 7) is 0. The van der Waals surface area contributed by atoms with E-state index in [-0.39, 0.29) is 4.58 Å². The maximum absolute atomic E-state index is 10.0. The van der Waals surface area contributed by atoms with E-state index in [2.05, 4.69) is 24.3 Å². The van der Waals surface area contributed by atoms with Crippen molar-refractivity contribution < 1.29 is 15.3 Å². The highest BCUT2D eigenvalue weighted by Crippen LogP contribution is 2.39. The lowest BCUT2D eigenvalue weighted by molar-refractivity contribution is -0.0474. The summed E-state index contributed by atoms with van der Waals surface area (Å²) in [5, 5.41) is 31.6. The summed E-state index contributed by atoms with van der Waals surface area (Å²) in [5.74, 6) is 0.448. The normalized spacial score (nSPS) is 30.6. The third-order valence-electron chi connectivity index (χ3n) is 3.43. The molecule has 3 rings (SSSR count). The summed E-state index contributed by atoms with van der Waals surface area (Å²) < 4.78 is -0.158. The molecule has 5 heteroatoms. The Balaban J connectivity index is 1.79. The van der Waals surface area contributed by atoms with E-state index in [4.69, 9.17) is 0 Å². The Morgan fingerprint density at radius 1 is 0.950 bits per heavy atom. The summed E-state index contributed by atoms with van der Waals surface area (Å²) in [4.78, 5) is 1.06. The van der Waals surface area contributed by atoms with Crippen molar-refractivity contribution in [3.05, 3.63) is 42.5 Å². The van der Waals surface area contributed by atoms with Crippen LogP contribution in [-0.2, 0) is 0 Å². The number of benzene rings is 2. The lowest BCUT2D eigenvalue weighted by Gasteiger charge is -2.34. The van der Waals surface area contributed by atoms with Crippen LogP contribution >= 0.6 is 23.5 Å². The van der Waals surface area contributed by atoms with Crippen molar-refractivity contribution in [1.82, 2.24) is 0 Å². The van der Waals surface area contributed by atoms with Gasteiger partial charge in [-0.15, -0.1) is 23.5 Å². The molecule has 2 aromatic carbocycles. The molecule has 3 N–H and O–H groups in total. The lowest BCUT2D eigenvalue weighted by atomic mass is 10.1. The van der Waals surface area contributed by atoms with Gasteiger partial charge in [0.25, 0.3) is 0 Å². The maximum atomic E-state index is 10.0. The molecule has 0 saturated carbocycles. The molecule has 1 fully saturated rings. The summed E-state index contributed by atoms with van der Waals surface area (Å²) in [6.07, 6.45) is -2.82. The van der Waals surface area contributed by atoms with Gasteiger partial charge >= 0.3 is 0 Å². The van der Waals surface area contributed by atoms with E-state index in [0.29, 0.717) is 5.75 Å². The van der Waals surface area contributed by atoms with Gasteiger partial charge in [0.15, 0.2) is 0 Å². The molecule has 4 atom stereocenters. The van der Waals surface area contributed by atoms with Gasteiger partial charge in [0, 0.05) is 10.6 Å². The van der Waals surface area contributed by atoms with E-state index >= 15 is 0 Å². The first-order valence-corrected chi connectivity index (χ1v) is 8.39. The third-order valence-corrected chi connectivity index (χ3v) is 6.30. The molecule has 0 aromatic heterocycles. The SMILES string of the molecule is O[C@@H]1[C@@H](O)[C@H](Sc2ccc3ccccc3c2)SC[C@H]1O. The molecule has 1 saturated heterocycles. The van der Waals surface area contributed by atoms with Crippen molar-refractivity contribution in [3.63, 3.8) is 0 Å². The van der Waals surface area contributed by atoms with Crippen molar-refractivity contribution >= 4 is 34.3 Å². The van der Waals surface area contributed by atoms with Gasteiger partial charge < -0.3 is 15.3 Å². The quantitative estimate of drug-likeness (QED) is 0.793. The highest BCUT2D eigenvalue weighted by molar-refractivity contribution is 8.17. The van der Waals surface area contributed by atoms with Crippen LogP contribution in [0.25, 0.3) is 10.8 Å². The second kappa shape index (κ2) is 5.95. The predicted molar refractivity (Wildman–Crippen MR) is 84.1 cm³/mol. The van der Waals surface area contributed by atoms with Crippen LogP contribution in [0.5, 0.6) is 0 Å². The Kier molecular flexibility index (Phi) is 4.23. The Morgan fingerprint density at radius 2 is 1.70 bits per heavy atom. The standard InChI is InChI=1S/C15H16O3S2/c16-12-8-19-15(14(18)13(12)17)20-11-6-5-9-3-1-2-4-10(9)7-11/h1-7,12-18H,8H2/t12-,13+,14-,15+/m1/s1. The van der Waals surface area contributed by atoms with Gasteiger partial charge in [0.1, 0.15) is 12.2 Å². The summed E-state index contributed by atoms with van der Waals surface area (Å²) in [6, 6.07) is 14.3. The monoisotopic (exact) mass is 308 g/mol. The van der Waals surface area contributed by atoms with Crippen LogP contribution in [0.15, 0.2) is 47.4 Å². The molecule has 3 nitrogen and oxygen atoms in total. The second-order valence-electron chi connectivity index (χ2n) is 4.88. The zero-order valence-corrected chi connectivity index (χ0v) is 12.3. The second-order valence-corrected chi connectivity index (χ2v) is 7.56. The van der Waals surface area contributed by atoms with Gasteiger partial charge in [-0.3, -0.25) is 0 Å². The molecule has 0 unspecified atom stereocenters. The first-order valence-electron chi connectivity index (χ1n) is 6.46. The van der Waals surface area contributed by atoms with Crippen molar-refractivity contribution in [2.75, 3.05) is 5.75 Å². The van der Waals surface area contributed by atoms with Crippen LogP contribution < -0.4 is 0 Å². The molecule has 0 aliphatic carbocycles. The number of rotatable bonds is 2. The van der Waals surface area contributed by atoms with Crippen LogP contribution in [-0.4, -0.2) is 44.0 Å². The number of hydrogen-bond donors (Lipinski definition) is 3. The minimum Gasteiger partial charge on any atom is -0.389 e. The van der Waals surface area contributed by atoms with Gasteiger partial charge in [-0.25, -0.2) is 0 Å². The molecule has 1 aliphatic heterocycles. The predicted octanol–water partition coefficient (Wildman–Crippen LogP) is 2.09. The van der Waals surface area contributed by atoms with Gasteiger partial charge in [-0.2, -0.15) is 0 Å². The fourth-order valence-corrected chi connectivity index (χ4v) is 4.95. The minimum absolute atomic E-state index is 0.158. The molecular weight excluding hydrogens is 292 g/mol. The Morgan fingerprint density at radius 3 is 2.50 bits per heavy atom. The molecule has 0 bridgehead atoms. The smallest absolute Gasteiger partial charge is 0.108 e. The molecule has 0 radical (unpaired) electrons. The van der Waals surface area contributed by atoms with E-state index in [1.807, 2.05) is 18.2 Å². The number of hydrogen-bond acceptors (Lipinski definition) is 5. The highest BCUT2D eigenvalue weighted by Gasteiger charge is 2.37. The van der Waals surface area contributed by atoms with Crippen LogP contribution in [0.2, 0.25) is 0 Å². The molecule has 20 heavy (non-hydrogen) atoms. The molecule has 0 spiro atoms. The lowest BCUT2D eigenvalue weighted by Crippen LogP contribution is -2.47. The van der Waals surface area contributed by atoms with Crippen molar-refractivity contribution in [2.24, 2.45) is 0 Å². The Labute approximate surface area is 126 Å². The number of aliphatic hydroxyl groups is 3. The average Bonchev–Trinajstić information content (AvgIpc) is 2.48. The molecule has 1 heterocycles. The molecular formula is C15H16O3S2. The van der Waals surface area contributed by atoms with E-state index in [1.54, 1.807) is 0 Å². The van der Waals surface area contributed by atoms with E-state index in [9.17, 15) is 15.3 Å². The van der Waals surface area contributed by atoms with Gasteiger partial charge in [0.05, 0.1) is 10.7 Å². The van der Waals surface area contributed by atoms with Crippen LogP contribution in [0.1, 0.15) is 0 Å². The van der Waals surface area contributed by atoms with Crippen LogP contribution in [0.3, 0.4) is 0 Å². The largest absolute Gasteiger partial charge is 0.389 e. The summed E-state index contributed by atoms with van der Waals surface area (Å²) in [5.41, 5.74) is 0. The van der Waals surface area contributed by atoms with Crippen LogP contribution in [0, 0.1) is 0 Å².